The third-order valence-electron chi connectivity index (χ3n) is 2.24. The molecule has 98 valence electrons. The van der Waals surface area contributed by atoms with E-state index in [2.05, 4.69) is 15.9 Å². The Labute approximate surface area is 120 Å². The Balaban J connectivity index is 2.35. The maximum absolute atomic E-state index is 13.5. The lowest BCUT2D eigenvalue weighted by atomic mass is 10.2. The van der Waals surface area contributed by atoms with Crippen molar-refractivity contribution in [3.8, 4) is 0 Å². The molecule has 0 bridgehead atoms. The molecule has 2 aromatic rings. The molecule has 0 saturated carbocycles. The van der Waals surface area contributed by atoms with E-state index >= 15 is 0 Å². The molecule has 1 N–H and O–H groups in total. The second kappa shape index (κ2) is 5.71. The van der Waals surface area contributed by atoms with Crippen LogP contribution in [0.3, 0.4) is 0 Å². The van der Waals surface area contributed by atoms with Crippen molar-refractivity contribution in [3.63, 3.8) is 0 Å². The molecule has 0 radical (unpaired) electrons. The highest BCUT2D eigenvalue weighted by Gasteiger charge is 2.10. The van der Waals surface area contributed by atoms with Gasteiger partial charge in [0.1, 0.15) is 11.6 Å². The van der Waals surface area contributed by atoms with Crippen molar-refractivity contribution in [1.82, 2.24) is 0 Å². The van der Waals surface area contributed by atoms with Gasteiger partial charge in [0.05, 0.1) is 5.56 Å². The monoisotopic (exact) mass is 344 g/mol. The van der Waals surface area contributed by atoms with E-state index in [-0.39, 0.29) is 10.5 Å². The Hall–Kier alpha value is -1.40. The first-order chi connectivity index (χ1) is 8.95. The smallest absolute Gasteiger partial charge is 0.335 e. The van der Waals surface area contributed by atoms with Gasteiger partial charge in [-0.25, -0.2) is 13.6 Å². The van der Waals surface area contributed by atoms with Gasteiger partial charge >= 0.3 is 5.97 Å². The predicted octanol–water partition coefficient (Wildman–Crippen LogP) is 4.58. The van der Waals surface area contributed by atoms with Gasteiger partial charge in [-0.3, -0.25) is 0 Å². The summed E-state index contributed by atoms with van der Waals surface area (Å²) in [6.45, 7) is 0. The second-order valence-electron chi connectivity index (χ2n) is 3.66. The number of carbonyl (C=O) groups is 1. The van der Waals surface area contributed by atoms with Crippen LogP contribution in [0.2, 0.25) is 0 Å². The van der Waals surface area contributed by atoms with Gasteiger partial charge in [-0.05, 0) is 30.3 Å². The zero-order valence-electron chi connectivity index (χ0n) is 9.36. The normalized spacial score (nSPS) is 10.5. The van der Waals surface area contributed by atoms with Crippen LogP contribution in [-0.2, 0) is 0 Å². The number of halogens is 3. The van der Waals surface area contributed by atoms with Gasteiger partial charge in [0.2, 0.25) is 0 Å². The van der Waals surface area contributed by atoms with Crippen molar-refractivity contribution in [3.05, 3.63) is 58.1 Å². The Kier molecular flexibility index (Phi) is 4.21. The van der Waals surface area contributed by atoms with E-state index in [0.29, 0.717) is 9.37 Å². The fourth-order valence-corrected chi connectivity index (χ4v) is 2.99. The predicted molar refractivity (Wildman–Crippen MR) is 71.6 cm³/mol. The minimum Gasteiger partial charge on any atom is -0.478 e. The molecule has 6 heteroatoms. The highest BCUT2D eigenvalue weighted by atomic mass is 79.9. The molecule has 0 amide bonds. The molecular weight excluding hydrogens is 338 g/mol. The molecule has 0 aliphatic rings. The van der Waals surface area contributed by atoms with Gasteiger partial charge in [0.15, 0.2) is 0 Å². The maximum Gasteiger partial charge on any atom is 0.335 e. The topological polar surface area (TPSA) is 37.3 Å². The fourth-order valence-electron chi connectivity index (χ4n) is 1.43. The van der Waals surface area contributed by atoms with Crippen LogP contribution in [0.15, 0.2) is 50.7 Å². The second-order valence-corrected chi connectivity index (χ2v) is 5.69. The first-order valence-electron chi connectivity index (χ1n) is 5.12. The standard InChI is InChI=1S/C13H7BrF2O2S/c14-8-3-7(13(17)18)4-10(5-8)19-12-2-1-9(15)6-11(12)16/h1-6H,(H,17,18). The van der Waals surface area contributed by atoms with Crippen LogP contribution in [0.4, 0.5) is 8.78 Å². The summed E-state index contributed by atoms with van der Waals surface area (Å²) in [6.07, 6.45) is 0. The Morgan fingerprint density at radius 1 is 1.16 bits per heavy atom. The Morgan fingerprint density at radius 2 is 1.89 bits per heavy atom. The van der Waals surface area contributed by atoms with Crippen LogP contribution in [0.5, 0.6) is 0 Å². The molecule has 19 heavy (non-hydrogen) atoms. The largest absolute Gasteiger partial charge is 0.478 e. The zero-order chi connectivity index (χ0) is 14.0. The first kappa shape index (κ1) is 14.0. The molecule has 0 saturated heterocycles. The number of benzene rings is 2. The lowest BCUT2D eigenvalue weighted by molar-refractivity contribution is 0.0696. The van der Waals surface area contributed by atoms with Gasteiger partial charge in [-0.15, -0.1) is 0 Å². The number of aromatic carboxylic acids is 1. The Bertz CT molecular complexity index is 647. The number of rotatable bonds is 3. The van der Waals surface area contributed by atoms with E-state index in [1.807, 2.05) is 0 Å². The summed E-state index contributed by atoms with van der Waals surface area (Å²) in [7, 11) is 0. The molecular formula is C13H7BrF2O2S. The van der Waals surface area contributed by atoms with Crippen molar-refractivity contribution < 1.29 is 18.7 Å². The third-order valence-corrected chi connectivity index (χ3v) is 3.72. The molecule has 2 nitrogen and oxygen atoms in total. The quantitative estimate of drug-likeness (QED) is 0.885. The van der Waals surface area contributed by atoms with E-state index in [9.17, 15) is 13.6 Å². The van der Waals surface area contributed by atoms with Crippen LogP contribution >= 0.6 is 27.7 Å². The minimum atomic E-state index is -1.07. The van der Waals surface area contributed by atoms with Gasteiger partial charge < -0.3 is 5.11 Å². The molecule has 0 aliphatic carbocycles. The summed E-state index contributed by atoms with van der Waals surface area (Å²) in [4.78, 5) is 11.7. The molecule has 0 aromatic heterocycles. The highest BCUT2D eigenvalue weighted by molar-refractivity contribution is 9.10. The van der Waals surface area contributed by atoms with Crippen molar-refractivity contribution in [1.29, 1.82) is 0 Å². The lowest BCUT2D eigenvalue weighted by Gasteiger charge is -2.05. The van der Waals surface area contributed by atoms with Gasteiger partial charge in [0, 0.05) is 20.3 Å². The fraction of sp³-hybridized carbons (Fsp3) is 0. The summed E-state index contributed by atoms with van der Waals surface area (Å²) in [5.41, 5.74) is 0.0967. The molecule has 2 rings (SSSR count). The number of hydrogen-bond acceptors (Lipinski definition) is 2. The summed E-state index contributed by atoms with van der Waals surface area (Å²) in [5, 5.41) is 8.94. The molecule has 2 aromatic carbocycles. The van der Waals surface area contributed by atoms with Crippen molar-refractivity contribution in [2.75, 3.05) is 0 Å². The van der Waals surface area contributed by atoms with Crippen LogP contribution in [0, 0.1) is 11.6 Å². The average Bonchev–Trinajstić information content (AvgIpc) is 2.32. The SMILES string of the molecule is O=C(O)c1cc(Br)cc(Sc2ccc(F)cc2F)c1. The van der Waals surface area contributed by atoms with E-state index in [0.717, 1.165) is 23.9 Å². The summed E-state index contributed by atoms with van der Waals surface area (Å²) in [6, 6.07) is 7.81. The van der Waals surface area contributed by atoms with E-state index in [1.54, 1.807) is 6.07 Å². The number of carboxylic acid groups (broad SMARTS) is 1. The van der Waals surface area contributed by atoms with Crippen LogP contribution < -0.4 is 0 Å². The summed E-state index contributed by atoms with van der Waals surface area (Å²) < 4.78 is 26.9. The number of carboxylic acids is 1. The van der Waals surface area contributed by atoms with Gasteiger partial charge in [-0.1, -0.05) is 27.7 Å². The summed E-state index contributed by atoms with van der Waals surface area (Å²) in [5.74, 6) is -2.40. The van der Waals surface area contributed by atoms with Crippen LogP contribution in [-0.4, -0.2) is 11.1 Å². The van der Waals surface area contributed by atoms with E-state index in [1.165, 1.54) is 18.2 Å². The third kappa shape index (κ3) is 3.54. The van der Waals surface area contributed by atoms with Crippen LogP contribution in [0.25, 0.3) is 0 Å². The van der Waals surface area contributed by atoms with Crippen molar-refractivity contribution in [2.24, 2.45) is 0 Å². The van der Waals surface area contributed by atoms with Crippen LogP contribution in [0.1, 0.15) is 10.4 Å². The van der Waals surface area contributed by atoms with Gasteiger partial charge in [0.25, 0.3) is 0 Å². The van der Waals surface area contributed by atoms with E-state index in [4.69, 9.17) is 5.11 Å². The van der Waals surface area contributed by atoms with E-state index < -0.39 is 17.6 Å². The summed E-state index contributed by atoms with van der Waals surface area (Å²) >= 11 is 4.23. The first-order valence-corrected chi connectivity index (χ1v) is 6.73. The number of hydrogen-bond donors (Lipinski definition) is 1. The Morgan fingerprint density at radius 3 is 2.53 bits per heavy atom. The van der Waals surface area contributed by atoms with Crippen molar-refractivity contribution >= 4 is 33.7 Å². The highest BCUT2D eigenvalue weighted by Crippen LogP contribution is 2.32. The molecule has 0 spiro atoms. The molecule has 0 heterocycles. The maximum atomic E-state index is 13.5. The minimum absolute atomic E-state index is 0.0967. The molecule has 0 atom stereocenters. The van der Waals surface area contributed by atoms with Crippen molar-refractivity contribution in [2.45, 2.75) is 9.79 Å². The average molecular weight is 345 g/mol. The molecule has 0 fully saturated rings. The van der Waals surface area contributed by atoms with Gasteiger partial charge in [-0.2, -0.15) is 0 Å². The molecule has 0 aliphatic heterocycles. The zero-order valence-corrected chi connectivity index (χ0v) is 11.8. The lowest BCUT2D eigenvalue weighted by Crippen LogP contribution is -1.96. The molecule has 0 unspecified atom stereocenters.